The van der Waals surface area contributed by atoms with Gasteiger partial charge in [0.25, 0.3) is 0 Å². The summed E-state index contributed by atoms with van der Waals surface area (Å²) >= 11 is 1.86. The van der Waals surface area contributed by atoms with Gasteiger partial charge in [0.05, 0.1) is 23.8 Å². The summed E-state index contributed by atoms with van der Waals surface area (Å²) in [4.78, 5) is 5.23. The largest absolute Gasteiger partial charge is 0.379 e. The Labute approximate surface area is 117 Å². The van der Waals surface area contributed by atoms with Crippen LogP contribution in [0.15, 0.2) is 24.4 Å². The highest BCUT2D eigenvalue weighted by molar-refractivity contribution is 7.15. The number of hydrogen-bond donors (Lipinski definition) is 1. The van der Waals surface area contributed by atoms with Gasteiger partial charge in [-0.15, -0.1) is 11.3 Å². The highest BCUT2D eigenvalue weighted by Gasteiger charge is 2.10. The molecule has 1 fully saturated rings. The van der Waals surface area contributed by atoms with Crippen molar-refractivity contribution in [3.8, 4) is 10.6 Å². The standard InChI is InChI=1S/C14H19N3OS/c1(7-17-8-10-18-11-9-17)2-12-3-4-14(19-12)13-5-6-15-16-13/h3-6H,1-2,7-11H2,(H,15,16). The minimum Gasteiger partial charge on any atom is -0.379 e. The maximum Gasteiger partial charge on any atom is 0.0749 e. The third-order valence-corrected chi connectivity index (χ3v) is 4.61. The summed E-state index contributed by atoms with van der Waals surface area (Å²) in [6, 6.07) is 6.44. The lowest BCUT2D eigenvalue weighted by atomic mass is 10.2. The number of H-pyrrole nitrogens is 1. The summed E-state index contributed by atoms with van der Waals surface area (Å²) in [5.41, 5.74) is 1.12. The van der Waals surface area contributed by atoms with E-state index in [9.17, 15) is 0 Å². The molecule has 0 saturated carbocycles. The highest BCUT2D eigenvalue weighted by atomic mass is 32.1. The van der Waals surface area contributed by atoms with Gasteiger partial charge in [0, 0.05) is 24.2 Å². The van der Waals surface area contributed by atoms with Gasteiger partial charge in [-0.3, -0.25) is 10.00 Å². The average Bonchev–Trinajstić information content (AvgIpc) is 3.10. The normalized spacial score (nSPS) is 16.8. The summed E-state index contributed by atoms with van der Waals surface area (Å²) in [6.07, 6.45) is 4.19. The van der Waals surface area contributed by atoms with E-state index in [1.165, 1.54) is 22.7 Å². The van der Waals surface area contributed by atoms with Crippen molar-refractivity contribution >= 4 is 11.3 Å². The Morgan fingerprint density at radius 1 is 1.26 bits per heavy atom. The molecule has 0 radical (unpaired) electrons. The zero-order valence-corrected chi connectivity index (χ0v) is 11.8. The maximum atomic E-state index is 5.36. The monoisotopic (exact) mass is 277 g/mol. The van der Waals surface area contributed by atoms with Gasteiger partial charge in [0.15, 0.2) is 0 Å². The van der Waals surface area contributed by atoms with E-state index in [1.807, 2.05) is 17.4 Å². The van der Waals surface area contributed by atoms with Gasteiger partial charge in [-0.05, 0) is 37.6 Å². The molecule has 5 heteroatoms. The quantitative estimate of drug-likeness (QED) is 0.912. The molecule has 0 spiro atoms. The molecule has 0 atom stereocenters. The van der Waals surface area contributed by atoms with Gasteiger partial charge in [-0.25, -0.2) is 0 Å². The number of aromatic nitrogens is 2. The Morgan fingerprint density at radius 3 is 2.95 bits per heavy atom. The average molecular weight is 277 g/mol. The number of ether oxygens (including phenoxy) is 1. The number of nitrogens with zero attached hydrogens (tertiary/aromatic N) is 2. The van der Waals surface area contributed by atoms with E-state index in [0.29, 0.717) is 0 Å². The Balaban J connectivity index is 1.48. The third-order valence-electron chi connectivity index (χ3n) is 3.43. The van der Waals surface area contributed by atoms with Gasteiger partial charge in [0.2, 0.25) is 0 Å². The molecular weight excluding hydrogens is 258 g/mol. The Morgan fingerprint density at radius 2 is 2.16 bits per heavy atom. The topological polar surface area (TPSA) is 41.1 Å². The third kappa shape index (κ3) is 3.43. The van der Waals surface area contributed by atoms with Crippen molar-refractivity contribution in [2.75, 3.05) is 32.8 Å². The lowest BCUT2D eigenvalue weighted by Crippen LogP contribution is -2.36. The van der Waals surface area contributed by atoms with Crippen molar-refractivity contribution in [1.82, 2.24) is 15.1 Å². The van der Waals surface area contributed by atoms with Crippen LogP contribution in [-0.4, -0.2) is 47.9 Å². The number of rotatable bonds is 5. The molecule has 1 N–H and O–H groups in total. The van der Waals surface area contributed by atoms with Crippen LogP contribution < -0.4 is 0 Å². The summed E-state index contributed by atoms with van der Waals surface area (Å²) in [6.45, 7) is 5.14. The lowest BCUT2D eigenvalue weighted by Gasteiger charge is -2.26. The fourth-order valence-electron chi connectivity index (χ4n) is 2.35. The SMILES string of the molecule is c1cc(-c2ccc(CCCN3CCOCC3)s2)[nH]n1. The van der Waals surface area contributed by atoms with Crippen molar-refractivity contribution in [2.45, 2.75) is 12.8 Å². The summed E-state index contributed by atoms with van der Waals surface area (Å²) in [7, 11) is 0. The van der Waals surface area contributed by atoms with Crippen LogP contribution in [0.1, 0.15) is 11.3 Å². The Bertz CT molecular complexity index is 489. The zero-order chi connectivity index (χ0) is 12.9. The number of aromatic amines is 1. The molecule has 2 aromatic rings. The Kier molecular flexibility index (Phi) is 4.27. The van der Waals surface area contributed by atoms with Crippen molar-refractivity contribution < 1.29 is 4.74 Å². The summed E-state index contributed by atoms with van der Waals surface area (Å²) in [5, 5.41) is 7.01. The fraction of sp³-hybridized carbons (Fsp3) is 0.500. The molecule has 102 valence electrons. The number of nitrogens with one attached hydrogen (secondary N) is 1. The molecule has 1 saturated heterocycles. The molecule has 1 aliphatic rings. The van der Waals surface area contributed by atoms with Crippen molar-refractivity contribution in [3.05, 3.63) is 29.3 Å². The van der Waals surface area contributed by atoms with Crippen LogP contribution in [0.3, 0.4) is 0 Å². The van der Waals surface area contributed by atoms with E-state index in [4.69, 9.17) is 4.74 Å². The minimum atomic E-state index is 0.892. The maximum absolute atomic E-state index is 5.36. The van der Waals surface area contributed by atoms with Crippen molar-refractivity contribution in [1.29, 1.82) is 0 Å². The van der Waals surface area contributed by atoms with E-state index in [2.05, 4.69) is 27.2 Å². The van der Waals surface area contributed by atoms with Gasteiger partial charge in [-0.1, -0.05) is 0 Å². The number of morpholine rings is 1. The molecule has 3 rings (SSSR count). The van der Waals surface area contributed by atoms with Crippen LogP contribution in [0.5, 0.6) is 0 Å². The van der Waals surface area contributed by atoms with Gasteiger partial charge in [0.1, 0.15) is 0 Å². The second kappa shape index (κ2) is 6.32. The molecule has 0 amide bonds. The first-order valence-electron chi connectivity index (χ1n) is 6.80. The fourth-order valence-corrected chi connectivity index (χ4v) is 3.38. The van der Waals surface area contributed by atoms with Gasteiger partial charge >= 0.3 is 0 Å². The molecule has 0 aromatic carbocycles. The van der Waals surface area contributed by atoms with E-state index in [0.717, 1.165) is 38.4 Å². The van der Waals surface area contributed by atoms with E-state index in [1.54, 1.807) is 6.20 Å². The highest BCUT2D eigenvalue weighted by Crippen LogP contribution is 2.26. The van der Waals surface area contributed by atoms with Crippen LogP contribution in [-0.2, 0) is 11.2 Å². The molecule has 0 aliphatic carbocycles. The first kappa shape index (κ1) is 12.8. The smallest absolute Gasteiger partial charge is 0.0749 e. The van der Waals surface area contributed by atoms with Crippen molar-refractivity contribution in [2.24, 2.45) is 0 Å². The summed E-state index contributed by atoms with van der Waals surface area (Å²) in [5.74, 6) is 0. The molecule has 1 aliphatic heterocycles. The number of aryl methyl sites for hydroxylation is 1. The number of hydrogen-bond acceptors (Lipinski definition) is 4. The predicted molar refractivity (Wildman–Crippen MR) is 77.5 cm³/mol. The minimum absolute atomic E-state index is 0.892. The predicted octanol–water partition coefficient (Wildman–Crippen LogP) is 2.40. The van der Waals surface area contributed by atoms with Crippen LogP contribution >= 0.6 is 11.3 Å². The van der Waals surface area contributed by atoms with Crippen LogP contribution in [0.4, 0.5) is 0 Å². The molecule has 3 heterocycles. The van der Waals surface area contributed by atoms with Crippen molar-refractivity contribution in [3.63, 3.8) is 0 Å². The molecule has 2 aromatic heterocycles. The zero-order valence-electron chi connectivity index (χ0n) is 11.0. The van der Waals surface area contributed by atoms with E-state index >= 15 is 0 Å². The van der Waals surface area contributed by atoms with Crippen LogP contribution in [0.25, 0.3) is 10.6 Å². The molecule has 19 heavy (non-hydrogen) atoms. The summed E-state index contributed by atoms with van der Waals surface area (Å²) < 4.78 is 5.36. The van der Waals surface area contributed by atoms with Gasteiger partial charge < -0.3 is 4.74 Å². The molecular formula is C14H19N3OS. The first-order chi connectivity index (χ1) is 9.42. The van der Waals surface area contributed by atoms with Crippen LogP contribution in [0, 0.1) is 0 Å². The second-order valence-corrected chi connectivity index (χ2v) is 5.96. The molecule has 0 bridgehead atoms. The van der Waals surface area contributed by atoms with Gasteiger partial charge in [-0.2, -0.15) is 5.10 Å². The van der Waals surface area contributed by atoms with Crippen LogP contribution in [0.2, 0.25) is 0 Å². The lowest BCUT2D eigenvalue weighted by molar-refractivity contribution is 0.0375. The molecule has 4 nitrogen and oxygen atoms in total. The van der Waals surface area contributed by atoms with E-state index < -0.39 is 0 Å². The van der Waals surface area contributed by atoms with E-state index in [-0.39, 0.29) is 0 Å². The first-order valence-corrected chi connectivity index (χ1v) is 7.62. The Hall–Kier alpha value is -1.17. The number of thiophene rings is 1. The molecule has 0 unspecified atom stereocenters. The second-order valence-electron chi connectivity index (χ2n) is 4.79.